The summed E-state index contributed by atoms with van der Waals surface area (Å²) in [6.07, 6.45) is 0.716. The zero-order valence-corrected chi connectivity index (χ0v) is 8.97. The van der Waals surface area contributed by atoms with Gasteiger partial charge in [-0.3, -0.25) is 4.79 Å². The molecular formula is C8H14BrNO2. The molecule has 12 heavy (non-hydrogen) atoms. The van der Waals surface area contributed by atoms with Crippen molar-refractivity contribution in [1.29, 1.82) is 0 Å². The van der Waals surface area contributed by atoms with Crippen LogP contribution in [0.25, 0.3) is 0 Å². The van der Waals surface area contributed by atoms with Gasteiger partial charge in [-0.1, -0.05) is 22.9 Å². The summed E-state index contributed by atoms with van der Waals surface area (Å²) in [5, 5.41) is 9.61. The highest BCUT2D eigenvalue weighted by Gasteiger charge is 2.42. The zero-order chi connectivity index (χ0) is 9.35. The maximum absolute atomic E-state index is 11.3. The summed E-state index contributed by atoms with van der Waals surface area (Å²) >= 11 is 3.20. The van der Waals surface area contributed by atoms with Crippen LogP contribution in [0.4, 0.5) is 0 Å². The molecule has 0 aromatic carbocycles. The molecule has 1 unspecified atom stereocenters. The Kier molecular flexibility index (Phi) is 2.78. The quantitative estimate of drug-likeness (QED) is 0.719. The lowest BCUT2D eigenvalue weighted by Crippen LogP contribution is -2.64. The van der Waals surface area contributed by atoms with E-state index < -0.39 is 5.60 Å². The molecule has 1 rings (SSSR count). The van der Waals surface area contributed by atoms with Crippen LogP contribution in [-0.2, 0) is 4.79 Å². The van der Waals surface area contributed by atoms with Crippen LogP contribution < -0.4 is 0 Å². The number of halogens is 1. The molecule has 1 heterocycles. The van der Waals surface area contributed by atoms with Gasteiger partial charge in [0.2, 0.25) is 5.91 Å². The van der Waals surface area contributed by atoms with Crippen LogP contribution in [-0.4, -0.2) is 39.4 Å². The smallest absolute Gasteiger partial charge is 0.236 e. The van der Waals surface area contributed by atoms with E-state index in [1.165, 1.54) is 0 Å². The van der Waals surface area contributed by atoms with Gasteiger partial charge in [0.25, 0.3) is 0 Å². The second-order valence-electron chi connectivity index (χ2n) is 3.39. The first-order chi connectivity index (χ1) is 5.48. The second-order valence-corrected chi connectivity index (χ2v) is 4.76. The Morgan fingerprint density at radius 2 is 2.25 bits per heavy atom. The van der Waals surface area contributed by atoms with Crippen molar-refractivity contribution in [2.75, 3.05) is 13.1 Å². The Balaban J connectivity index is 2.39. The molecule has 1 atom stereocenters. The first-order valence-electron chi connectivity index (χ1n) is 4.14. The van der Waals surface area contributed by atoms with E-state index in [1.807, 2.05) is 6.92 Å². The number of carbonyl (C=O) groups is 1. The minimum Gasteiger partial charge on any atom is -0.386 e. The number of alkyl halides is 1. The number of aliphatic hydroxyl groups is 1. The van der Waals surface area contributed by atoms with E-state index in [9.17, 15) is 9.90 Å². The highest BCUT2D eigenvalue weighted by atomic mass is 79.9. The Bertz CT molecular complexity index is 187. The molecule has 0 radical (unpaired) electrons. The minimum absolute atomic E-state index is 0.0631. The summed E-state index contributed by atoms with van der Waals surface area (Å²) in [4.78, 5) is 12.8. The maximum atomic E-state index is 11.3. The third-order valence-electron chi connectivity index (χ3n) is 2.28. The van der Waals surface area contributed by atoms with Crippen LogP contribution in [0.15, 0.2) is 0 Å². The fourth-order valence-corrected chi connectivity index (χ4v) is 1.58. The summed E-state index contributed by atoms with van der Waals surface area (Å²) in [5.74, 6) is 0.0631. The predicted molar refractivity (Wildman–Crippen MR) is 50.2 cm³/mol. The maximum Gasteiger partial charge on any atom is 0.236 e. The molecule has 1 aliphatic heterocycles. The fourth-order valence-electron chi connectivity index (χ4n) is 1.30. The average Bonchev–Trinajstić information content (AvgIpc) is 1.97. The molecule has 0 aromatic rings. The van der Waals surface area contributed by atoms with E-state index in [0.29, 0.717) is 19.5 Å². The summed E-state index contributed by atoms with van der Waals surface area (Å²) in [6, 6.07) is 0. The van der Waals surface area contributed by atoms with Crippen molar-refractivity contribution in [1.82, 2.24) is 4.90 Å². The van der Waals surface area contributed by atoms with Crippen LogP contribution >= 0.6 is 15.9 Å². The van der Waals surface area contributed by atoms with Gasteiger partial charge in [-0.05, 0) is 13.3 Å². The number of hydrogen-bond acceptors (Lipinski definition) is 2. The molecule has 4 heteroatoms. The van der Waals surface area contributed by atoms with Crippen LogP contribution in [0, 0.1) is 0 Å². The van der Waals surface area contributed by atoms with Gasteiger partial charge in [0, 0.05) is 0 Å². The van der Waals surface area contributed by atoms with Gasteiger partial charge in [-0.15, -0.1) is 0 Å². The van der Waals surface area contributed by atoms with E-state index in [1.54, 1.807) is 11.8 Å². The Morgan fingerprint density at radius 1 is 1.75 bits per heavy atom. The first kappa shape index (κ1) is 9.99. The van der Waals surface area contributed by atoms with Gasteiger partial charge in [0.1, 0.15) is 0 Å². The minimum atomic E-state index is -0.614. The first-order valence-corrected chi connectivity index (χ1v) is 5.05. The molecule has 3 nitrogen and oxygen atoms in total. The van der Waals surface area contributed by atoms with Crippen molar-refractivity contribution in [2.45, 2.75) is 30.7 Å². The monoisotopic (exact) mass is 235 g/mol. The molecule has 0 saturated carbocycles. The Morgan fingerprint density at radius 3 is 2.58 bits per heavy atom. The molecule has 70 valence electrons. The van der Waals surface area contributed by atoms with E-state index in [-0.39, 0.29) is 10.7 Å². The fraction of sp³-hybridized carbons (Fsp3) is 0.875. The van der Waals surface area contributed by atoms with Crippen LogP contribution in [0.2, 0.25) is 0 Å². The summed E-state index contributed by atoms with van der Waals surface area (Å²) in [5.41, 5.74) is -0.614. The van der Waals surface area contributed by atoms with Crippen molar-refractivity contribution >= 4 is 21.8 Å². The third kappa shape index (κ3) is 1.80. The molecule has 0 bridgehead atoms. The summed E-state index contributed by atoms with van der Waals surface area (Å²) in [6.45, 7) is 4.70. The number of amides is 1. The summed E-state index contributed by atoms with van der Waals surface area (Å²) < 4.78 is 0. The second kappa shape index (κ2) is 3.34. The van der Waals surface area contributed by atoms with Crippen molar-refractivity contribution in [2.24, 2.45) is 0 Å². The van der Waals surface area contributed by atoms with Crippen molar-refractivity contribution in [3.63, 3.8) is 0 Å². The third-order valence-corrected chi connectivity index (χ3v) is 2.67. The Hall–Kier alpha value is -0.0900. The highest BCUT2D eigenvalue weighted by molar-refractivity contribution is 9.10. The lowest BCUT2D eigenvalue weighted by atomic mass is 9.91. The van der Waals surface area contributed by atoms with Crippen LogP contribution in [0.1, 0.15) is 20.3 Å². The topological polar surface area (TPSA) is 40.5 Å². The molecule has 1 fully saturated rings. The van der Waals surface area contributed by atoms with Crippen molar-refractivity contribution < 1.29 is 9.90 Å². The molecule has 0 aliphatic carbocycles. The molecular weight excluding hydrogens is 222 g/mol. The van der Waals surface area contributed by atoms with Gasteiger partial charge in [0.05, 0.1) is 23.5 Å². The zero-order valence-electron chi connectivity index (χ0n) is 7.38. The number of β-amino-alcohol motifs (C(OH)–C–C–N with tert-alkyl or cyclic N) is 1. The van der Waals surface area contributed by atoms with Gasteiger partial charge in [-0.25, -0.2) is 0 Å². The van der Waals surface area contributed by atoms with Gasteiger partial charge in [0.15, 0.2) is 0 Å². The predicted octanol–water partition coefficient (Wildman–Crippen LogP) is 0.753. The van der Waals surface area contributed by atoms with E-state index in [0.717, 1.165) is 0 Å². The van der Waals surface area contributed by atoms with Gasteiger partial charge < -0.3 is 10.0 Å². The van der Waals surface area contributed by atoms with Crippen molar-refractivity contribution in [3.8, 4) is 0 Å². The standard InChI is InChI=1S/C8H14BrNO2/c1-3-8(12)4-10(5-8)7(11)6(2)9/h6,12H,3-5H2,1-2H3. The van der Waals surface area contributed by atoms with Crippen molar-refractivity contribution in [3.05, 3.63) is 0 Å². The number of likely N-dealkylation sites (tertiary alicyclic amines) is 1. The molecule has 1 saturated heterocycles. The van der Waals surface area contributed by atoms with Gasteiger partial charge >= 0.3 is 0 Å². The normalized spacial score (nSPS) is 23.2. The molecule has 0 spiro atoms. The number of rotatable bonds is 2. The van der Waals surface area contributed by atoms with E-state index >= 15 is 0 Å². The van der Waals surface area contributed by atoms with Gasteiger partial charge in [-0.2, -0.15) is 0 Å². The number of hydrogen-bond donors (Lipinski definition) is 1. The van der Waals surface area contributed by atoms with Crippen LogP contribution in [0.5, 0.6) is 0 Å². The average molecular weight is 236 g/mol. The highest BCUT2D eigenvalue weighted by Crippen LogP contribution is 2.25. The number of nitrogens with zero attached hydrogens (tertiary/aromatic N) is 1. The van der Waals surface area contributed by atoms with E-state index in [2.05, 4.69) is 15.9 Å². The SMILES string of the molecule is CCC1(O)CN(C(=O)C(C)Br)C1. The molecule has 1 amide bonds. The molecule has 1 N–H and O–H groups in total. The van der Waals surface area contributed by atoms with Crippen LogP contribution in [0.3, 0.4) is 0 Å². The lowest BCUT2D eigenvalue weighted by molar-refractivity contribution is -0.154. The summed E-state index contributed by atoms with van der Waals surface area (Å²) in [7, 11) is 0. The van der Waals surface area contributed by atoms with E-state index in [4.69, 9.17) is 0 Å². The molecule has 0 aromatic heterocycles. The lowest BCUT2D eigenvalue weighted by Gasteiger charge is -2.46. The molecule has 1 aliphatic rings. The Labute approximate surface area is 80.9 Å². The number of carbonyl (C=O) groups excluding carboxylic acids is 1. The largest absolute Gasteiger partial charge is 0.386 e.